The highest BCUT2D eigenvalue weighted by atomic mass is 15.2. The van der Waals surface area contributed by atoms with Gasteiger partial charge in [-0.05, 0) is 141 Å². The van der Waals surface area contributed by atoms with Gasteiger partial charge in [-0.1, -0.05) is 145 Å². The second kappa shape index (κ2) is 15.3. The van der Waals surface area contributed by atoms with Crippen LogP contribution < -0.4 is 26.2 Å². The van der Waals surface area contributed by atoms with Crippen LogP contribution in [0.4, 0.5) is 34.1 Å². The number of anilines is 6. The van der Waals surface area contributed by atoms with Crippen LogP contribution in [0.3, 0.4) is 0 Å². The monoisotopic (exact) mass is 738 g/mol. The summed E-state index contributed by atoms with van der Waals surface area (Å²) in [6.45, 7) is 23.6. The number of nitrogens with zero attached hydrogens (tertiary/aromatic N) is 2. The molecule has 8 rings (SSSR count). The molecule has 0 atom stereocenters. The Morgan fingerprint density at radius 3 is 1.74 bits per heavy atom. The Morgan fingerprint density at radius 1 is 0.614 bits per heavy atom. The molecule has 0 saturated heterocycles. The molecule has 2 aliphatic heterocycles. The fourth-order valence-electron chi connectivity index (χ4n) is 8.57. The molecule has 2 heterocycles. The Hall–Kier alpha value is -6.32. The van der Waals surface area contributed by atoms with Crippen molar-refractivity contribution in [3.63, 3.8) is 0 Å². The first kappa shape index (κ1) is 37.6. The third-order valence-corrected chi connectivity index (χ3v) is 11.5. The summed E-state index contributed by atoms with van der Waals surface area (Å²) in [7, 11) is 0. The summed E-state index contributed by atoms with van der Waals surface area (Å²) in [5, 5.41) is 0. The third-order valence-electron chi connectivity index (χ3n) is 11.5. The van der Waals surface area contributed by atoms with Gasteiger partial charge >= 0.3 is 0 Å². The maximum absolute atomic E-state index is 4.40. The fraction of sp³-hybridized carbons (Fsp3) is 0.148. The van der Waals surface area contributed by atoms with E-state index in [1.54, 1.807) is 6.08 Å². The molecule has 0 aromatic heterocycles. The minimum atomic E-state index is 0.0415. The first-order chi connectivity index (χ1) is 27.6. The molecular weight excluding hydrogens is 687 g/mol. The van der Waals surface area contributed by atoms with Crippen LogP contribution in [-0.4, -0.2) is 6.71 Å². The molecule has 0 fully saturated rings. The predicted molar refractivity (Wildman–Crippen MR) is 250 cm³/mol. The summed E-state index contributed by atoms with van der Waals surface area (Å²) in [6, 6.07) is 43.9. The highest BCUT2D eigenvalue weighted by Gasteiger charge is 2.44. The maximum Gasteiger partial charge on any atom is 0.252 e. The van der Waals surface area contributed by atoms with Crippen molar-refractivity contribution in [2.75, 3.05) is 9.80 Å². The van der Waals surface area contributed by atoms with Gasteiger partial charge in [0.05, 0.1) is 5.69 Å². The number of aryl methyl sites for hydroxylation is 5. The highest BCUT2D eigenvalue weighted by Crippen LogP contribution is 2.48. The third kappa shape index (κ3) is 6.93. The number of hydrogen-bond donors (Lipinski definition) is 0. The summed E-state index contributed by atoms with van der Waals surface area (Å²) >= 11 is 0. The minimum Gasteiger partial charge on any atom is -0.311 e. The van der Waals surface area contributed by atoms with E-state index in [1.165, 1.54) is 94.9 Å². The lowest BCUT2D eigenvalue weighted by Gasteiger charge is -2.45. The van der Waals surface area contributed by atoms with Crippen molar-refractivity contribution in [3.05, 3.63) is 203 Å². The van der Waals surface area contributed by atoms with E-state index in [9.17, 15) is 0 Å². The molecule has 0 amide bonds. The Balaban J connectivity index is 1.50. The number of hydrogen-bond acceptors (Lipinski definition) is 2. The molecule has 2 aliphatic rings. The zero-order valence-corrected chi connectivity index (χ0v) is 34.4. The van der Waals surface area contributed by atoms with E-state index in [4.69, 9.17) is 0 Å². The van der Waals surface area contributed by atoms with Crippen LogP contribution in [0, 0.1) is 34.6 Å². The SMILES string of the molecule is C=C/C=C\C(=C)/C(C)=C/C(=C\CC)c1cc2c3c(c1)N(c1ccc(C)cc1-c1ccc(C)cc1)c1ccc(C)cc1B3c1cc(C)ccc1N2c1ccc(C)cc1. The van der Waals surface area contributed by atoms with E-state index < -0.39 is 0 Å². The summed E-state index contributed by atoms with van der Waals surface area (Å²) in [6.07, 6.45) is 11.3. The van der Waals surface area contributed by atoms with Gasteiger partial charge in [-0.2, -0.15) is 0 Å². The lowest BCUT2D eigenvalue weighted by molar-refractivity contribution is 1.22. The summed E-state index contributed by atoms with van der Waals surface area (Å²) < 4.78 is 0. The van der Waals surface area contributed by atoms with Gasteiger partial charge in [-0.15, -0.1) is 0 Å². The van der Waals surface area contributed by atoms with Crippen LogP contribution in [0.15, 0.2) is 170 Å². The topological polar surface area (TPSA) is 6.48 Å². The van der Waals surface area contributed by atoms with Crippen LogP contribution in [-0.2, 0) is 0 Å². The van der Waals surface area contributed by atoms with Crippen molar-refractivity contribution in [3.8, 4) is 11.1 Å². The van der Waals surface area contributed by atoms with Crippen molar-refractivity contribution in [1.29, 1.82) is 0 Å². The van der Waals surface area contributed by atoms with E-state index in [1.807, 2.05) is 12.2 Å². The van der Waals surface area contributed by atoms with Crippen molar-refractivity contribution in [1.82, 2.24) is 0 Å². The first-order valence-electron chi connectivity index (χ1n) is 20.2. The number of allylic oxidation sites excluding steroid dienone is 8. The van der Waals surface area contributed by atoms with Gasteiger partial charge in [0.15, 0.2) is 0 Å². The van der Waals surface area contributed by atoms with Gasteiger partial charge in [-0.25, -0.2) is 0 Å². The van der Waals surface area contributed by atoms with Gasteiger partial charge in [-0.3, -0.25) is 0 Å². The second-order valence-corrected chi connectivity index (χ2v) is 15.9. The molecule has 280 valence electrons. The lowest BCUT2D eigenvalue weighted by Crippen LogP contribution is -2.61. The summed E-state index contributed by atoms with van der Waals surface area (Å²) in [5.41, 5.74) is 24.2. The first-order valence-corrected chi connectivity index (χ1v) is 20.2. The molecule has 0 bridgehead atoms. The number of benzene rings is 6. The molecule has 0 spiro atoms. The number of fused-ring (bicyclic) bond motifs is 4. The van der Waals surface area contributed by atoms with Gasteiger partial charge in [0.2, 0.25) is 0 Å². The van der Waals surface area contributed by atoms with Crippen LogP contribution in [0.25, 0.3) is 16.7 Å². The Morgan fingerprint density at radius 2 is 1.14 bits per heavy atom. The van der Waals surface area contributed by atoms with Crippen LogP contribution in [0.5, 0.6) is 0 Å². The minimum absolute atomic E-state index is 0.0415. The quantitative estimate of drug-likeness (QED) is 0.107. The van der Waals surface area contributed by atoms with Gasteiger partial charge in [0.25, 0.3) is 6.71 Å². The molecule has 2 nitrogen and oxygen atoms in total. The molecule has 0 radical (unpaired) electrons. The van der Waals surface area contributed by atoms with Crippen molar-refractivity contribution >= 4 is 62.8 Å². The van der Waals surface area contributed by atoms with Crippen LogP contribution in [0.1, 0.15) is 53.6 Å². The molecule has 0 aliphatic carbocycles. The molecule has 6 aromatic carbocycles. The van der Waals surface area contributed by atoms with E-state index >= 15 is 0 Å². The normalized spacial score (nSPS) is 13.4. The van der Waals surface area contributed by atoms with Crippen molar-refractivity contribution in [2.45, 2.75) is 54.9 Å². The Labute approximate surface area is 340 Å². The van der Waals surface area contributed by atoms with Crippen LogP contribution in [0.2, 0.25) is 0 Å². The average Bonchev–Trinajstić information content (AvgIpc) is 3.20. The van der Waals surface area contributed by atoms with Crippen molar-refractivity contribution < 1.29 is 0 Å². The molecular formula is C54H51BN2. The van der Waals surface area contributed by atoms with E-state index in [0.29, 0.717) is 0 Å². The summed E-state index contributed by atoms with van der Waals surface area (Å²) in [5.74, 6) is 0. The summed E-state index contributed by atoms with van der Waals surface area (Å²) in [4.78, 5) is 5.07. The van der Waals surface area contributed by atoms with Gasteiger partial charge in [0, 0.05) is 34.0 Å². The zero-order valence-electron chi connectivity index (χ0n) is 34.4. The molecule has 0 N–H and O–H groups in total. The molecule has 0 saturated carbocycles. The average molecular weight is 739 g/mol. The Kier molecular flexibility index (Phi) is 10.1. The zero-order chi connectivity index (χ0) is 40.0. The van der Waals surface area contributed by atoms with Crippen LogP contribution >= 0.6 is 0 Å². The molecule has 3 heteroatoms. The maximum atomic E-state index is 4.40. The standard InChI is InChI=1S/C54H51BN2/c1-10-12-14-40(8)41(9)32-43(13-11-2)44-33-52-54-53(34-44)57(49-26-19-37(5)29-46(49)42-22-15-35(3)16-23-42)51-28-21-39(7)31-48(51)55(54)47-30-38(6)20-27-50(47)56(52)45-24-17-36(4)18-25-45/h10,12-34H,1,8,11H2,2-7,9H3/b14-12-,41-32+,43-13+. The lowest BCUT2D eigenvalue weighted by atomic mass is 9.33. The molecule has 6 aromatic rings. The van der Waals surface area contributed by atoms with E-state index in [2.05, 4.69) is 199 Å². The number of rotatable bonds is 9. The second-order valence-electron chi connectivity index (χ2n) is 15.9. The van der Waals surface area contributed by atoms with E-state index in [-0.39, 0.29) is 6.71 Å². The predicted octanol–water partition coefficient (Wildman–Crippen LogP) is 13.0. The molecule has 0 unspecified atom stereocenters. The van der Waals surface area contributed by atoms with Gasteiger partial charge < -0.3 is 9.80 Å². The van der Waals surface area contributed by atoms with Crippen molar-refractivity contribution in [2.24, 2.45) is 0 Å². The molecule has 57 heavy (non-hydrogen) atoms. The fourth-order valence-corrected chi connectivity index (χ4v) is 8.57. The smallest absolute Gasteiger partial charge is 0.252 e. The Bertz CT molecular complexity index is 2650. The van der Waals surface area contributed by atoms with Gasteiger partial charge in [0.1, 0.15) is 0 Å². The van der Waals surface area contributed by atoms with E-state index in [0.717, 1.165) is 23.3 Å². The largest absolute Gasteiger partial charge is 0.311 e. The highest BCUT2D eigenvalue weighted by molar-refractivity contribution is 7.00.